The summed E-state index contributed by atoms with van der Waals surface area (Å²) in [5, 5.41) is 14.7. The van der Waals surface area contributed by atoms with E-state index in [1.807, 2.05) is 0 Å². The van der Waals surface area contributed by atoms with Crippen LogP contribution in [0.1, 0.15) is 43.2 Å². The molecule has 0 saturated carbocycles. The third-order valence-corrected chi connectivity index (χ3v) is 4.17. The summed E-state index contributed by atoms with van der Waals surface area (Å²) in [5.41, 5.74) is 5.01. The number of allylic oxidation sites excluding steroid dienone is 1. The summed E-state index contributed by atoms with van der Waals surface area (Å²) in [7, 11) is 0. The molecule has 24 heavy (non-hydrogen) atoms. The molecule has 0 radical (unpaired) electrons. The van der Waals surface area contributed by atoms with Crippen LogP contribution in [-0.2, 0) is 0 Å². The fraction of sp³-hybridized carbons (Fsp3) is 0.421. The average molecular weight is 323 g/mol. The molecule has 1 aliphatic carbocycles. The summed E-state index contributed by atoms with van der Waals surface area (Å²) in [6, 6.07) is 6.34. The van der Waals surface area contributed by atoms with E-state index in [1.54, 1.807) is 11.8 Å². The van der Waals surface area contributed by atoms with E-state index in [9.17, 15) is 0 Å². The number of hydrogen-bond donors (Lipinski definition) is 2. The van der Waals surface area contributed by atoms with Gasteiger partial charge >= 0.3 is 0 Å². The van der Waals surface area contributed by atoms with E-state index in [0.29, 0.717) is 11.8 Å². The number of benzene rings is 1. The van der Waals surface area contributed by atoms with Gasteiger partial charge in [0.25, 0.3) is 0 Å². The minimum absolute atomic E-state index is 0.570. The molecule has 0 fully saturated rings. The van der Waals surface area contributed by atoms with Crippen molar-refractivity contribution in [3.63, 3.8) is 0 Å². The summed E-state index contributed by atoms with van der Waals surface area (Å²) in [6.45, 7) is 5.02. The lowest BCUT2D eigenvalue weighted by atomic mass is 9.97. The Balaban J connectivity index is 1.58. The van der Waals surface area contributed by atoms with Crippen LogP contribution in [0.3, 0.4) is 0 Å². The number of nitrogens with one attached hydrogen (secondary N) is 2. The van der Waals surface area contributed by atoms with Gasteiger partial charge in [-0.3, -0.25) is 0 Å². The SMILES string of the molecule is Cc1cc(C)cc(Nc2cnnc(NCCC3=CCCCC3)n2)c1. The van der Waals surface area contributed by atoms with Crippen LogP contribution in [0.25, 0.3) is 0 Å². The van der Waals surface area contributed by atoms with Crippen LogP contribution >= 0.6 is 0 Å². The highest BCUT2D eigenvalue weighted by Crippen LogP contribution is 2.20. The van der Waals surface area contributed by atoms with Gasteiger partial charge in [0.05, 0.1) is 6.20 Å². The van der Waals surface area contributed by atoms with Crippen molar-refractivity contribution in [3.05, 3.63) is 47.2 Å². The maximum atomic E-state index is 4.49. The fourth-order valence-electron chi connectivity index (χ4n) is 3.10. The first-order chi connectivity index (χ1) is 11.7. The van der Waals surface area contributed by atoms with Gasteiger partial charge in [-0.1, -0.05) is 17.7 Å². The lowest BCUT2D eigenvalue weighted by Gasteiger charge is -2.13. The quantitative estimate of drug-likeness (QED) is 0.764. The Morgan fingerprint density at radius 2 is 1.92 bits per heavy atom. The van der Waals surface area contributed by atoms with Crippen LogP contribution in [0.2, 0.25) is 0 Å². The highest BCUT2D eigenvalue weighted by Gasteiger charge is 2.05. The van der Waals surface area contributed by atoms with Crippen molar-refractivity contribution in [2.24, 2.45) is 0 Å². The normalized spacial score (nSPS) is 14.2. The smallest absolute Gasteiger partial charge is 0.244 e. The summed E-state index contributed by atoms with van der Waals surface area (Å²) in [6.07, 6.45) is 10.2. The van der Waals surface area contributed by atoms with Gasteiger partial charge in [0, 0.05) is 12.2 Å². The van der Waals surface area contributed by atoms with Gasteiger partial charge in [-0.15, -0.1) is 5.10 Å². The molecule has 1 heterocycles. The molecule has 0 spiro atoms. The lowest BCUT2D eigenvalue weighted by Crippen LogP contribution is -2.09. The van der Waals surface area contributed by atoms with Crippen molar-refractivity contribution in [3.8, 4) is 0 Å². The van der Waals surface area contributed by atoms with Crippen LogP contribution in [0.15, 0.2) is 36.0 Å². The predicted molar refractivity (Wildman–Crippen MR) is 98.7 cm³/mol. The summed E-state index contributed by atoms with van der Waals surface area (Å²) in [4.78, 5) is 4.49. The second-order valence-electron chi connectivity index (χ2n) is 6.45. The van der Waals surface area contributed by atoms with Gasteiger partial charge in [-0.2, -0.15) is 10.1 Å². The number of anilines is 3. The first kappa shape index (κ1) is 16.4. The van der Waals surface area contributed by atoms with Gasteiger partial charge in [-0.05, 0) is 69.2 Å². The number of nitrogens with zero attached hydrogens (tertiary/aromatic N) is 3. The first-order valence-corrected chi connectivity index (χ1v) is 8.66. The molecule has 1 aromatic carbocycles. The highest BCUT2D eigenvalue weighted by molar-refractivity contribution is 5.58. The Bertz CT molecular complexity index is 703. The lowest BCUT2D eigenvalue weighted by molar-refractivity contribution is 0.679. The topological polar surface area (TPSA) is 62.7 Å². The molecule has 2 N–H and O–H groups in total. The van der Waals surface area contributed by atoms with Gasteiger partial charge in [-0.25, -0.2) is 0 Å². The number of hydrogen-bond acceptors (Lipinski definition) is 5. The highest BCUT2D eigenvalue weighted by atomic mass is 15.3. The molecule has 5 heteroatoms. The third-order valence-electron chi connectivity index (χ3n) is 4.17. The first-order valence-electron chi connectivity index (χ1n) is 8.66. The zero-order valence-corrected chi connectivity index (χ0v) is 14.5. The van der Waals surface area contributed by atoms with E-state index >= 15 is 0 Å². The Hall–Kier alpha value is -2.43. The predicted octanol–water partition coefficient (Wildman–Crippen LogP) is 4.53. The van der Waals surface area contributed by atoms with Gasteiger partial charge in [0.1, 0.15) is 0 Å². The van der Waals surface area contributed by atoms with E-state index in [0.717, 1.165) is 18.7 Å². The van der Waals surface area contributed by atoms with E-state index < -0.39 is 0 Å². The molecule has 1 aromatic heterocycles. The molecular weight excluding hydrogens is 298 g/mol. The van der Waals surface area contributed by atoms with Crippen LogP contribution in [-0.4, -0.2) is 21.7 Å². The molecule has 0 saturated heterocycles. The minimum atomic E-state index is 0.570. The number of rotatable bonds is 6. The molecule has 1 aliphatic rings. The zero-order valence-electron chi connectivity index (χ0n) is 14.5. The minimum Gasteiger partial charge on any atom is -0.353 e. The molecule has 126 valence electrons. The molecule has 5 nitrogen and oxygen atoms in total. The second kappa shape index (κ2) is 7.90. The Kier molecular flexibility index (Phi) is 5.41. The molecule has 0 bridgehead atoms. The van der Waals surface area contributed by atoms with Crippen molar-refractivity contribution >= 4 is 17.5 Å². The van der Waals surface area contributed by atoms with Crippen LogP contribution in [0.4, 0.5) is 17.5 Å². The van der Waals surface area contributed by atoms with Crippen LogP contribution in [0, 0.1) is 13.8 Å². The molecule has 2 aromatic rings. The van der Waals surface area contributed by atoms with Gasteiger partial charge < -0.3 is 10.6 Å². The summed E-state index contributed by atoms with van der Waals surface area (Å²) in [5.74, 6) is 1.27. The van der Waals surface area contributed by atoms with Crippen LogP contribution in [0.5, 0.6) is 0 Å². The molecular formula is C19H25N5. The number of aryl methyl sites for hydroxylation is 2. The fourth-order valence-corrected chi connectivity index (χ4v) is 3.10. The van der Waals surface area contributed by atoms with E-state index in [-0.39, 0.29) is 0 Å². The Morgan fingerprint density at radius 3 is 2.67 bits per heavy atom. The molecule has 3 rings (SSSR count). The molecule has 0 unspecified atom stereocenters. The maximum Gasteiger partial charge on any atom is 0.244 e. The summed E-state index contributed by atoms with van der Waals surface area (Å²) >= 11 is 0. The van der Waals surface area contributed by atoms with Crippen molar-refractivity contribution < 1.29 is 0 Å². The second-order valence-corrected chi connectivity index (χ2v) is 6.45. The van der Waals surface area contributed by atoms with E-state index in [4.69, 9.17) is 0 Å². The average Bonchev–Trinajstić information content (AvgIpc) is 2.55. The Morgan fingerprint density at radius 1 is 1.08 bits per heavy atom. The van der Waals surface area contributed by atoms with Crippen LogP contribution < -0.4 is 10.6 Å². The van der Waals surface area contributed by atoms with Crippen molar-refractivity contribution in [1.82, 2.24) is 15.2 Å². The summed E-state index contributed by atoms with van der Waals surface area (Å²) < 4.78 is 0. The molecule has 0 amide bonds. The van der Waals surface area contributed by atoms with Gasteiger partial charge in [0.15, 0.2) is 5.82 Å². The van der Waals surface area contributed by atoms with E-state index in [2.05, 4.69) is 63.9 Å². The van der Waals surface area contributed by atoms with Gasteiger partial charge in [0.2, 0.25) is 5.95 Å². The largest absolute Gasteiger partial charge is 0.353 e. The molecule has 0 aliphatic heterocycles. The maximum absolute atomic E-state index is 4.49. The Labute approximate surface area is 143 Å². The van der Waals surface area contributed by atoms with E-state index in [1.165, 1.54) is 36.8 Å². The monoisotopic (exact) mass is 323 g/mol. The van der Waals surface area contributed by atoms with Crippen molar-refractivity contribution in [1.29, 1.82) is 0 Å². The zero-order chi connectivity index (χ0) is 16.8. The molecule has 0 atom stereocenters. The van der Waals surface area contributed by atoms with Crippen molar-refractivity contribution in [2.75, 3.05) is 17.2 Å². The number of aromatic nitrogens is 3. The standard InChI is InChI=1S/C19H25N5/c1-14-10-15(2)12-17(11-14)22-18-13-21-24-19(23-18)20-9-8-16-6-4-3-5-7-16/h6,10-13H,3-5,7-9H2,1-2H3,(H2,20,22,23,24). The third kappa shape index (κ3) is 4.78. The van der Waals surface area contributed by atoms with Crippen molar-refractivity contribution in [2.45, 2.75) is 46.0 Å².